The van der Waals surface area contributed by atoms with Crippen LogP contribution in [0.15, 0.2) is 24.3 Å². The Morgan fingerprint density at radius 2 is 1.61 bits per heavy atom. The Morgan fingerprint density at radius 3 is 2.30 bits per heavy atom. The third kappa shape index (κ3) is 23.2. The molecule has 1 aliphatic rings. The summed E-state index contributed by atoms with van der Waals surface area (Å²) in [4.78, 5) is 71.0. The fourth-order valence-corrected chi connectivity index (χ4v) is 4.32. The van der Waals surface area contributed by atoms with Crippen LogP contribution in [-0.2, 0) is 35.1 Å². The van der Waals surface area contributed by atoms with E-state index in [0.29, 0.717) is 51.1 Å². The Bertz CT molecular complexity index is 1050. The second-order valence-corrected chi connectivity index (χ2v) is 10.1. The van der Waals surface area contributed by atoms with E-state index >= 15 is 0 Å². The minimum atomic E-state index is -0.618. The molecule has 14 heteroatoms. The number of ketones is 3. The number of hydrogen-bond acceptors (Lipinski definition) is 7. The van der Waals surface area contributed by atoms with E-state index in [2.05, 4.69) is 21.3 Å². The standard InChI is InChI=1S/C30H44N4O7.3Rb.H2/c1-22(35)8-3-2-6-15-32-30(40)33-16-7-18-41-19-17-31-28(38)21-29(39)34-24-13-11-23(12-14-24)20-27(37)25-9-4-5-10-26(25)36;;;;/h11-14,25H,2-10,15-21H2,1H3,(H4,31,32,33,34,38,39,40);;;;1H/q;3*+1;/p-3. The van der Waals surface area contributed by atoms with Crippen LogP contribution in [0.1, 0.15) is 78.1 Å². The van der Waals surface area contributed by atoms with Crippen molar-refractivity contribution >= 4 is 40.9 Å². The van der Waals surface area contributed by atoms with Crippen molar-refractivity contribution in [3.8, 4) is 0 Å². The fraction of sp³-hybridized carbons (Fsp3) is 0.600. The predicted octanol–water partition coefficient (Wildman–Crippen LogP) is -3.72. The summed E-state index contributed by atoms with van der Waals surface area (Å²) in [7, 11) is 0. The number of Topliss-reactive ketones (excluding diaryl/α,β-unsaturated/α-hetero) is 3. The van der Waals surface area contributed by atoms with Gasteiger partial charge in [-0.3, -0.25) is 14.4 Å². The molecular formula is C30H43N4O7Rb3. The van der Waals surface area contributed by atoms with Gasteiger partial charge in [0.2, 0.25) is 0 Å². The fourth-order valence-electron chi connectivity index (χ4n) is 4.32. The zero-order valence-electron chi connectivity index (χ0n) is 26.9. The quantitative estimate of drug-likeness (QED) is 0.111. The van der Waals surface area contributed by atoms with E-state index in [9.17, 15) is 28.8 Å². The number of nitrogens with zero attached hydrogens (tertiary/aromatic N) is 3. The molecule has 1 fully saturated rings. The summed E-state index contributed by atoms with van der Waals surface area (Å²) in [5.74, 6) is -1.58. The van der Waals surface area contributed by atoms with Gasteiger partial charge in [-0.2, -0.15) is 0 Å². The molecule has 0 bridgehead atoms. The summed E-state index contributed by atoms with van der Waals surface area (Å²) in [5, 5.41) is 14.3. The maximum atomic E-state index is 12.4. The molecule has 0 heterocycles. The van der Waals surface area contributed by atoms with Gasteiger partial charge in [0, 0.05) is 40.3 Å². The molecule has 1 N–H and O–H groups in total. The smallest absolute Gasteiger partial charge is 0.651 e. The van der Waals surface area contributed by atoms with Crippen molar-refractivity contribution in [3.05, 3.63) is 45.8 Å². The van der Waals surface area contributed by atoms with Crippen LogP contribution in [0.2, 0.25) is 0 Å². The van der Waals surface area contributed by atoms with Gasteiger partial charge in [0.25, 0.3) is 0 Å². The third-order valence-corrected chi connectivity index (χ3v) is 6.52. The summed E-state index contributed by atoms with van der Waals surface area (Å²) in [6.07, 6.45) is 6.18. The number of benzene rings is 1. The molecular weight excluding hydrogens is 785 g/mol. The van der Waals surface area contributed by atoms with Crippen molar-refractivity contribution in [2.24, 2.45) is 5.92 Å². The summed E-state index contributed by atoms with van der Waals surface area (Å²) in [6, 6.07) is 6.23. The van der Waals surface area contributed by atoms with Crippen LogP contribution in [0.4, 0.5) is 10.5 Å². The molecule has 1 saturated carbocycles. The van der Waals surface area contributed by atoms with Gasteiger partial charge in [0.1, 0.15) is 17.3 Å². The van der Waals surface area contributed by atoms with E-state index in [1.165, 1.54) is 0 Å². The molecule has 228 valence electrons. The van der Waals surface area contributed by atoms with E-state index in [-0.39, 0.29) is 219 Å². The molecule has 0 spiro atoms. The van der Waals surface area contributed by atoms with Gasteiger partial charge in [0.05, 0.1) is 17.7 Å². The minimum absolute atomic E-state index is 0. The zero-order chi connectivity index (χ0) is 29.9. The first-order valence-corrected chi connectivity index (χ1v) is 14.4. The Hall–Kier alpha value is 1.82. The second-order valence-electron chi connectivity index (χ2n) is 10.1. The molecule has 0 saturated heterocycles. The molecule has 0 aromatic heterocycles. The Balaban J connectivity index is -0.00000441. The summed E-state index contributed by atoms with van der Waals surface area (Å²) in [6.45, 7) is 3.09. The number of hydrogen-bond donors (Lipinski definition) is 1. The molecule has 1 aliphatic carbocycles. The Labute approximate surface area is 409 Å². The van der Waals surface area contributed by atoms with Gasteiger partial charge >= 0.3 is 175 Å². The van der Waals surface area contributed by atoms with Crippen LogP contribution in [0.5, 0.6) is 0 Å². The number of amides is 4. The molecule has 1 aromatic rings. The van der Waals surface area contributed by atoms with Crippen molar-refractivity contribution in [2.75, 3.05) is 32.8 Å². The van der Waals surface area contributed by atoms with E-state index in [1.54, 1.807) is 31.2 Å². The van der Waals surface area contributed by atoms with Crippen LogP contribution < -0.4 is 180 Å². The number of urea groups is 1. The molecule has 1 atom stereocenters. The summed E-state index contributed by atoms with van der Waals surface area (Å²) >= 11 is 0. The summed E-state index contributed by atoms with van der Waals surface area (Å²) in [5.41, 5.74) is 1.12. The molecule has 1 unspecified atom stereocenters. The number of nitrogens with one attached hydrogen (secondary N) is 1. The van der Waals surface area contributed by atoms with Crippen molar-refractivity contribution in [1.82, 2.24) is 5.32 Å². The average Bonchev–Trinajstić information content (AvgIpc) is 2.93. The third-order valence-electron chi connectivity index (χ3n) is 6.52. The maximum absolute atomic E-state index is 12.4. The van der Waals surface area contributed by atoms with Crippen molar-refractivity contribution in [3.63, 3.8) is 0 Å². The maximum Gasteiger partial charge on any atom is 1.00 e. The largest absolute Gasteiger partial charge is 1.00 e. The van der Waals surface area contributed by atoms with Gasteiger partial charge < -0.3 is 40.4 Å². The molecule has 2 rings (SSSR count). The number of ether oxygens (including phenoxy) is 1. The van der Waals surface area contributed by atoms with Gasteiger partial charge in [0.15, 0.2) is 6.03 Å². The van der Waals surface area contributed by atoms with Crippen LogP contribution in [0.3, 0.4) is 0 Å². The molecule has 44 heavy (non-hydrogen) atoms. The van der Waals surface area contributed by atoms with Gasteiger partial charge in [-0.25, -0.2) is 0 Å². The van der Waals surface area contributed by atoms with E-state index in [4.69, 9.17) is 4.74 Å². The van der Waals surface area contributed by atoms with E-state index < -0.39 is 24.2 Å². The van der Waals surface area contributed by atoms with Gasteiger partial charge in [-0.15, -0.1) is 12.2 Å². The number of carbonyl (C=O) groups excluding carboxylic acids is 6. The van der Waals surface area contributed by atoms with Crippen molar-refractivity contribution in [2.45, 2.75) is 77.6 Å². The minimum Gasteiger partial charge on any atom is -0.651 e. The van der Waals surface area contributed by atoms with Crippen LogP contribution in [0, 0.1) is 5.92 Å². The Kier molecular flexibility index (Phi) is 32.4. The number of rotatable bonds is 19. The molecule has 1 aromatic carbocycles. The van der Waals surface area contributed by atoms with Crippen molar-refractivity contribution in [1.29, 1.82) is 0 Å². The van der Waals surface area contributed by atoms with Crippen LogP contribution in [-0.4, -0.2) is 68.0 Å². The Morgan fingerprint density at radius 1 is 0.886 bits per heavy atom. The monoisotopic (exact) mass is 826 g/mol. The molecule has 4 amide bonds. The normalized spacial score (nSPS) is 13.7. The van der Waals surface area contributed by atoms with E-state index in [0.717, 1.165) is 37.7 Å². The SMILES string of the molecule is CC(=O)CCCCCNC(=O)[N-]CCCOCC[N-]C(=O)CC(=O)[N-]c1ccc(CC(=O)C2CCCCC2=O)cc1.[HH].[Rb+].[Rb+].[Rb+]. The zero-order valence-corrected chi connectivity index (χ0v) is 41.6. The summed E-state index contributed by atoms with van der Waals surface area (Å²) < 4.78 is 5.38. The molecule has 11 nitrogen and oxygen atoms in total. The van der Waals surface area contributed by atoms with Crippen LogP contribution >= 0.6 is 0 Å². The van der Waals surface area contributed by atoms with Crippen LogP contribution in [0.25, 0.3) is 16.0 Å². The first kappa shape index (κ1) is 47.9. The topological polar surface area (TPSA) is 166 Å². The first-order valence-electron chi connectivity index (χ1n) is 14.4. The van der Waals surface area contributed by atoms with Gasteiger partial charge in [-0.05, 0) is 44.7 Å². The van der Waals surface area contributed by atoms with Crippen molar-refractivity contribution < 1.29 is 209 Å². The number of carbonyl (C=O) groups is 6. The first-order chi connectivity index (χ1) is 19.7. The van der Waals surface area contributed by atoms with Gasteiger partial charge in [-0.1, -0.05) is 50.1 Å². The van der Waals surface area contributed by atoms with E-state index in [1.807, 2.05) is 0 Å². The second kappa shape index (κ2) is 29.7. The number of unbranched alkanes of at least 4 members (excludes halogenated alkanes) is 2. The molecule has 0 radical (unpaired) electrons. The average molecular weight is 828 g/mol. The predicted molar refractivity (Wildman–Crippen MR) is 156 cm³/mol. The molecule has 0 aliphatic heterocycles.